The zero-order chi connectivity index (χ0) is 15.5. The second-order valence-corrected chi connectivity index (χ2v) is 5.89. The molecule has 22 heavy (non-hydrogen) atoms. The van der Waals surface area contributed by atoms with Crippen molar-refractivity contribution in [3.05, 3.63) is 35.2 Å². The van der Waals surface area contributed by atoms with Gasteiger partial charge < -0.3 is 4.74 Å². The summed E-state index contributed by atoms with van der Waals surface area (Å²) in [5.74, 6) is -0.333. The lowest BCUT2D eigenvalue weighted by Gasteiger charge is -2.10. The van der Waals surface area contributed by atoms with Crippen LogP contribution in [0.15, 0.2) is 30.3 Å². The van der Waals surface area contributed by atoms with Gasteiger partial charge in [-0.05, 0) is 13.3 Å². The molecule has 0 aliphatic carbocycles. The highest BCUT2D eigenvalue weighted by molar-refractivity contribution is 7.18. The van der Waals surface area contributed by atoms with Crippen LogP contribution in [0.4, 0.5) is 5.13 Å². The second kappa shape index (κ2) is 6.27. The molecule has 1 saturated heterocycles. The van der Waals surface area contributed by atoms with Gasteiger partial charge >= 0.3 is 5.97 Å². The summed E-state index contributed by atoms with van der Waals surface area (Å²) in [4.78, 5) is 30.7. The SMILES string of the molecule is CCOC(=O)c1sc(N2CCCC2=O)nc1-c1ccccc1. The summed E-state index contributed by atoms with van der Waals surface area (Å²) in [6, 6.07) is 9.49. The number of carbonyl (C=O) groups excluding carboxylic acids is 2. The summed E-state index contributed by atoms with van der Waals surface area (Å²) in [6.07, 6.45) is 1.36. The molecule has 114 valence electrons. The molecule has 0 radical (unpaired) electrons. The van der Waals surface area contributed by atoms with Crippen molar-refractivity contribution in [1.29, 1.82) is 0 Å². The highest BCUT2D eigenvalue weighted by Crippen LogP contribution is 2.35. The fraction of sp³-hybridized carbons (Fsp3) is 0.312. The minimum Gasteiger partial charge on any atom is -0.462 e. The van der Waals surface area contributed by atoms with Gasteiger partial charge in [-0.15, -0.1) is 0 Å². The van der Waals surface area contributed by atoms with E-state index in [-0.39, 0.29) is 5.91 Å². The summed E-state index contributed by atoms with van der Waals surface area (Å²) >= 11 is 1.22. The number of carbonyl (C=O) groups is 2. The number of hydrogen-bond acceptors (Lipinski definition) is 5. The highest BCUT2D eigenvalue weighted by Gasteiger charge is 2.28. The van der Waals surface area contributed by atoms with Crippen LogP contribution in [0, 0.1) is 0 Å². The first kappa shape index (κ1) is 14.7. The first-order valence-corrected chi connectivity index (χ1v) is 8.06. The maximum absolute atomic E-state index is 12.2. The third-order valence-electron chi connectivity index (χ3n) is 3.43. The lowest BCUT2D eigenvalue weighted by Crippen LogP contribution is -2.23. The van der Waals surface area contributed by atoms with Crippen LogP contribution in [-0.4, -0.2) is 30.0 Å². The molecule has 0 saturated carbocycles. The summed E-state index contributed by atoms with van der Waals surface area (Å²) in [6.45, 7) is 2.73. The number of anilines is 1. The molecular formula is C16H16N2O3S. The average Bonchev–Trinajstić information content (AvgIpc) is 3.14. The van der Waals surface area contributed by atoms with Crippen molar-refractivity contribution in [3.63, 3.8) is 0 Å². The topological polar surface area (TPSA) is 59.5 Å². The van der Waals surface area contributed by atoms with Crippen molar-refractivity contribution in [1.82, 2.24) is 4.98 Å². The number of aromatic nitrogens is 1. The Morgan fingerprint density at radius 2 is 2.14 bits per heavy atom. The summed E-state index contributed by atoms with van der Waals surface area (Å²) < 4.78 is 5.12. The van der Waals surface area contributed by atoms with Gasteiger partial charge in [-0.3, -0.25) is 9.69 Å². The Balaban J connectivity index is 2.04. The maximum Gasteiger partial charge on any atom is 0.350 e. The number of thiazole rings is 1. The van der Waals surface area contributed by atoms with Crippen molar-refractivity contribution >= 4 is 28.3 Å². The number of hydrogen-bond donors (Lipinski definition) is 0. The van der Waals surface area contributed by atoms with Crippen LogP contribution in [0.1, 0.15) is 29.4 Å². The molecule has 1 amide bonds. The zero-order valence-electron chi connectivity index (χ0n) is 12.2. The predicted molar refractivity (Wildman–Crippen MR) is 85.1 cm³/mol. The summed E-state index contributed by atoms with van der Waals surface area (Å²) in [5, 5.41) is 0.574. The van der Waals surface area contributed by atoms with Gasteiger partial charge in [-0.25, -0.2) is 9.78 Å². The lowest BCUT2D eigenvalue weighted by molar-refractivity contribution is -0.117. The van der Waals surface area contributed by atoms with Gasteiger partial charge in [0.25, 0.3) is 0 Å². The molecule has 2 heterocycles. The van der Waals surface area contributed by atoms with Gasteiger partial charge in [-0.1, -0.05) is 41.7 Å². The largest absolute Gasteiger partial charge is 0.462 e. The van der Waals surface area contributed by atoms with Crippen LogP contribution in [0.3, 0.4) is 0 Å². The third-order valence-corrected chi connectivity index (χ3v) is 4.49. The van der Waals surface area contributed by atoms with E-state index in [1.165, 1.54) is 11.3 Å². The van der Waals surface area contributed by atoms with E-state index in [1.807, 2.05) is 30.3 Å². The predicted octanol–water partition coefficient (Wildman–Crippen LogP) is 3.11. The normalized spacial score (nSPS) is 14.4. The summed E-state index contributed by atoms with van der Waals surface area (Å²) in [7, 11) is 0. The van der Waals surface area contributed by atoms with Gasteiger partial charge in [0.2, 0.25) is 5.91 Å². The van der Waals surface area contributed by atoms with Crippen LogP contribution >= 0.6 is 11.3 Å². The average molecular weight is 316 g/mol. The number of esters is 1. The van der Waals surface area contributed by atoms with Gasteiger partial charge in [-0.2, -0.15) is 0 Å². The molecule has 6 heteroatoms. The Labute approximate surface area is 132 Å². The van der Waals surface area contributed by atoms with Gasteiger partial charge in [0.15, 0.2) is 5.13 Å². The van der Waals surface area contributed by atoms with Gasteiger partial charge in [0.05, 0.1) is 12.3 Å². The molecule has 2 aromatic rings. The van der Waals surface area contributed by atoms with E-state index < -0.39 is 5.97 Å². The fourth-order valence-corrected chi connectivity index (χ4v) is 3.43. The quantitative estimate of drug-likeness (QED) is 0.813. The third kappa shape index (κ3) is 2.74. The molecule has 0 unspecified atom stereocenters. The van der Waals surface area contributed by atoms with E-state index in [2.05, 4.69) is 4.98 Å². The number of rotatable bonds is 4. The standard InChI is InChI=1S/C16H16N2O3S/c1-2-21-15(20)14-13(11-7-4-3-5-8-11)17-16(22-14)18-10-6-9-12(18)19/h3-5,7-8H,2,6,9-10H2,1H3. The highest BCUT2D eigenvalue weighted by atomic mass is 32.1. The van der Waals surface area contributed by atoms with Crippen LogP contribution in [0.2, 0.25) is 0 Å². The molecule has 0 atom stereocenters. The Morgan fingerprint density at radius 3 is 2.77 bits per heavy atom. The monoisotopic (exact) mass is 316 g/mol. The van der Waals surface area contributed by atoms with Crippen molar-refractivity contribution in [3.8, 4) is 11.3 Å². The molecule has 3 rings (SSSR count). The fourth-order valence-electron chi connectivity index (χ4n) is 2.40. The van der Waals surface area contributed by atoms with Crippen LogP contribution in [-0.2, 0) is 9.53 Å². The summed E-state index contributed by atoms with van der Waals surface area (Å²) in [5.41, 5.74) is 1.43. The van der Waals surface area contributed by atoms with Gasteiger partial charge in [0.1, 0.15) is 4.88 Å². The zero-order valence-corrected chi connectivity index (χ0v) is 13.1. The van der Waals surface area contributed by atoms with Crippen molar-refractivity contribution < 1.29 is 14.3 Å². The van der Waals surface area contributed by atoms with Crippen LogP contribution in [0.5, 0.6) is 0 Å². The Bertz CT molecular complexity index is 697. The van der Waals surface area contributed by atoms with Crippen molar-refractivity contribution in [2.45, 2.75) is 19.8 Å². The Kier molecular flexibility index (Phi) is 4.20. The van der Waals surface area contributed by atoms with E-state index in [1.54, 1.807) is 11.8 Å². The van der Waals surface area contributed by atoms with E-state index in [0.717, 1.165) is 12.0 Å². The molecule has 1 aliphatic rings. The molecule has 1 aromatic heterocycles. The van der Waals surface area contributed by atoms with Crippen LogP contribution in [0.25, 0.3) is 11.3 Å². The molecule has 1 aliphatic heterocycles. The molecule has 0 bridgehead atoms. The number of nitrogens with zero attached hydrogens (tertiary/aromatic N) is 2. The van der Waals surface area contributed by atoms with E-state index >= 15 is 0 Å². The molecule has 1 fully saturated rings. The number of amides is 1. The molecule has 1 aromatic carbocycles. The molecular weight excluding hydrogens is 300 g/mol. The molecule has 0 N–H and O–H groups in total. The smallest absolute Gasteiger partial charge is 0.350 e. The second-order valence-electron chi connectivity index (χ2n) is 4.91. The molecule has 0 spiro atoms. The Hall–Kier alpha value is -2.21. The van der Waals surface area contributed by atoms with Crippen molar-refractivity contribution in [2.24, 2.45) is 0 Å². The van der Waals surface area contributed by atoms with Crippen LogP contribution < -0.4 is 4.90 Å². The molecule has 5 nitrogen and oxygen atoms in total. The number of ether oxygens (including phenoxy) is 1. The number of benzene rings is 1. The minimum atomic E-state index is -0.392. The minimum absolute atomic E-state index is 0.0590. The first-order chi connectivity index (χ1) is 10.7. The van der Waals surface area contributed by atoms with E-state index in [9.17, 15) is 9.59 Å². The Morgan fingerprint density at radius 1 is 1.36 bits per heavy atom. The maximum atomic E-state index is 12.2. The first-order valence-electron chi connectivity index (χ1n) is 7.24. The van der Waals surface area contributed by atoms with Gasteiger partial charge in [0, 0.05) is 18.5 Å². The van der Waals surface area contributed by atoms with E-state index in [4.69, 9.17) is 4.74 Å². The van der Waals surface area contributed by atoms with Crippen molar-refractivity contribution in [2.75, 3.05) is 18.1 Å². The van der Waals surface area contributed by atoms with E-state index in [0.29, 0.717) is 35.3 Å². The lowest BCUT2D eigenvalue weighted by atomic mass is 10.1.